The summed E-state index contributed by atoms with van der Waals surface area (Å²) in [6, 6.07) is 2.28. The number of carbonyl (C=O) groups excluding carboxylic acids is 2. The standard InChI is InChI=1S/C14H12O5/c1-6-2-8-10(5-19-6)14(18)12-9(13(8)17)3-7(15)4-11(12)16/h3-4,6,15-16H,2,5H2,1H3/t6-/m0/s1. The number of hydrogen-bond acceptors (Lipinski definition) is 5. The molecule has 3 rings (SSSR count). The molecule has 2 N–H and O–H groups in total. The van der Waals surface area contributed by atoms with Crippen LogP contribution in [0.15, 0.2) is 23.3 Å². The number of benzene rings is 1. The molecule has 1 aromatic carbocycles. The number of phenols is 2. The number of Topliss-reactive ketones (excluding diaryl/α,β-unsaturated/α-hetero) is 2. The monoisotopic (exact) mass is 260 g/mol. The van der Waals surface area contributed by atoms with Crippen molar-refractivity contribution in [1.29, 1.82) is 0 Å². The fraction of sp³-hybridized carbons (Fsp3) is 0.286. The van der Waals surface area contributed by atoms with E-state index in [1.165, 1.54) is 6.07 Å². The molecule has 0 amide bonds. The fourth-order valence-corrected chi connectivity index (χ4v) is 2.56. The summed E-state index contributed by atoms with van der Waals surface area (Å²) in [6.07, 6.45) is 0.249. The van der Waals surface area contributed by atoms with E-state index in [-0.39, 0.29) is 41.1 Å². The Bertz CT molecular complexity index is 641. The van der Waals surface area contributed by atoms with Crippen LogP contribution >= 0.6 is 0 Å². The summed E-state index contributed by atoms with van der Waals surface area (Å²) < 4.78 is 5.38. The first-order valence-corrected chi connectivity index (χ1v) is 5.98. The lowest BCUT2D eigenvalue weighted by atomic mass is 9.80. The molecule has 19 heavy (non-hydrogen) atoms. The van der Waals surface area contributed by atoms with Crippen molar-refractivity contribution in [3.63, 3.8) is 0 Å². The molecule has 98 valence electrons. The first kappa shape index (κ1) is 11.9. The number of ether oxygens (including phenoxy) is 1. The van der Waals surface area contributed by atoms with Gasteiger partial charge in [-0.3, -0.25) is 9.59 Å². The van der Waals surface area contributed by atoms with Crippen LogP contribution in [0.1, 0.15) is 34.1 Å². The average molecular weight is 260 g/mol. The second-order valence-electron chi connectivity index (χ2n) is 4.83. The molecule has 0 spiro atoms. The molecule has 0 radical (unpaired) electrons. The van der Waals surface area contributed by atoms with E-state index in [1.807, 2.05) is 6.92 Å². The summed E-state index contributed by atoms with van der Waals surface area (Å²) in [4.78, 5) is 24.7. The number of phenolic OH excluding ortho intramolecular Hbond substituents is 2. The van der Waals surface area contributed by atoms with Crippen molar-refractivity contribution in [3.8, 4) is 11.5 Å². The normalized spacial score (nSPS) is 22.3. The number of ketones is 2. The van der Waals surface area contributed by atoms with Gasteiger partial charge >= 0.3 is 0 Å². The zero-order valence-electron chi connectivity index (χ0n) is 10.3. The molecule has 0 unspecified atom stereocenters. The highest BCUT2D eigenvalue weighted by molar-refractivity contribution is 6.28. The fourth-order valence-electron chi connectivity index (χ4n) is 2.56. The minimum atomic E-state index is -0.394. The zero-order valence-corrected chi connectivity index (χ0v) is 10.3. The van der Waals surface area contributed by atoms with Crippen LogP contribution in [-0.2, 0) is 4.74 Å². The third kappa shape index (κ3) is 1.66. The maximum absolute atomic E-state index is 12.4. The van der Waals surface area contributed by atoms with E-state index in [4.69, 9.17) is 4.74 Å². The highest BCUT2D eigenvalue weighted by atomic mass is 16.5. The Hall–Kier alpha value is -2.14. The smallest absolute Gasteiger partial charge is 0.196 e. The largest absolute Gasteiger partial charge is 0.508 e. The molecular weight excluding hydrogens is 248 g/mol. The minimum absolute atomic E-state index is 0.0419. The lowest BCUT2D eigenvalue weighted by Crippen LogP contribution is -2.31. The molecule has 1 aliphatic carbocycles. The van der Waals surface area contributed by atoms with Crippen LogP contribution in [-0.4, -0.2) is 34.5 Å². The van der Waals surface area contributed by atoms with Gasteiger partial charge in [0.25, 0.3) is 0 Å². The van der Waals surface area contributed by atoms with Crippen LogP contribution in [0.5, 0.6) is 11.5 Å². The van der Waals surface area contributed by atoms with Crippen molar-refractivity contribution >= 4 is 11.6 Å². The molecule has 0 fully saturated rings. The van der Waals surface area contributed by atoms with Gasteiger partial charge in [-0.1, -0.05) is 0 Å². The van der Waals surface area contributed by atoms with Crippen molar-refractivity contribution in [2.75, 3.05) is 6.61 Å². The van der Waals surface area contributed by atoms with Crippen molar-refractivity contribution in [1.82, 2.24) is 0 Å². The summed E-state index contributed by atoms with van der Waals surface area (Å²) in [5, 5.41) is 19.2. The van der Waals surface area contributed by atoms with Gasteiger partial charge in [0.05, 0.1) is 18.3 Å². The maximum atomic E-state index is 12.4. The quantitative estimate of drug-likeness (QED) is 0.740. The van der Waals surface area contributed by atoms with Crippen LogP contribution in [0, 0.1) is 0 Å². The summed E-state index contributed by atoms with van der Waals surface area (Å²) in [5.74, 6) is -1.32. The van der Waals surface area contributed by atoms with E-state index in [0.717, 1.165) is 6.07 Å². The Labute approximate surface area is 109 Å². The number of carbonyl (C=O) groups is 2. The van der Waals surface area contributed by atoms with Crippen molar-refractivity contribution < 1.29 is 24.5 Å². The molecular formula is C14H12O5. The van der Waals surface area contributed by atoms with Gasteiger partial charge in [-0.2, -0.15) is 0 Å². The van der Waals surface area contributed by atoms with Gasteiger partial charge in [0.15, 0.2) is 11.6 Å². The van der Waals surface area contributed by atoms with Gasteiger partial charge in [0.1, 0.15) is 11.5 Å². The SMILES string of the molecule is C[C@H]1CC2=C(CO1)C(=O)c1c(O)cc(O)cc1C2=O. The molecule has 5 nitrogen and oxygen atoms in total. The van der Waals surface area contributed by atoms with E-state index in [0.29, 0.717) is 17.6 Å². The van der Waals surface area contributed by atoms with Gasteiger partial charge in [-0.05, 0) is 13.0 Å². The lowest BCUT2D eigenvalue weighted by molar-refractivity contribution is 0.0615. The Morgan fingerprint density at radius 1 is 1.16 bits per heavy atom. The van der Waals surface area contributed by atoms with Crippen LogP contribution < -0.4 is 0 Å². The summed E-state index contributed by atoms with van der Waals surface area (Å²) in [5.41, 5.74) is 0.771. The van der Waals surface area contributed by atoms with E-state index in [1.54, 1.807) is 0 Å². The second kappa shape index (κ2) is 3.93. The third-order valence-corrected chi connectivity index (χ3v) is 3.49. The molecule has 5 heteroatoms. The Morgan fingerprint density at radius 3 is 2.63 bits per heavy atom. The molecule has 2 aliphatic rings. The summed E-state index contributed by atoms with van der Waals surface area (Å²) in [7, 11) is 0. The molecule has 1 aliphatic heterocycles. The third-order valence-electron chi connectivity index (χ3n) is 3.49. The van der Waals surface area contributed by atoms with Gasteiger partial charge in [0, 0.05) is 29.2 Å². The summed E-state index contributed by atoms with van der Waals surface area (Å²) >= 11 is 0. The van der Waals surface area contributed by atoms with E-state index < -0.39 is 5.78 Å². The molecule has 0 saturated carbocycles. The Kier molecular flexibility index (Phi) is 2.46. The number of fused-ring (bicyclic) bond motifs is 1. The van der Waals surface area contributed by atoms with Crippen LogP contribution in [0.4, 0.5) is 0 Å². The molecule has 1 heterocycles. The van der Waals surface area contributed by atoms with Gasteiger partial charge < -0.3 is 14.9 Å². The molecule has 0 aromatic heterocycles. The molecule has 1 atom stereocenters. The number of rotatable bonds is 0. The highest BCUT2D eigenvalue weighted by Crippen LogP contribution is 2.38. The first-order chi connectivity index (χ1) is 8.99. The maximum Gasteiger partial charge on any atom is 0.196 e. The average Bonchev–Trinajstić information content (AvgIpc) is 2.35. The highest BCUT2D eigenvalue weighted by Gasteiger charge is 2.37. The summed E-state index contributed by atoms with van der Waals surface area (Å²) in [6.45, 7) is 1.91. The van der Waals surface area contributed by atoms with Crippen LogP contribution in [0.3, 0.4) is 0 Å². The molecule has 1 aromatic rings. The topological polar surface area (TPSA) is 83.8 Å². The number of aromatic hydroxyl groups is 2. The lowest BCUT2D eigenvalue weighted by Gasteiger charge is -2.28. The second-order valence-corrected chi connectivity index (χ2v) is 4.83. The predicted octanol–water partition coefficient (Wildman–Crippen LogP) is 1.58. The Morgan fingerprint density at radius 2 is 1.89 bits per heavy atom. The van der Waals surface area contributed by atoms with E-state index in [9.17, 15) is 19.8 Å². The Balaban J connectivity index is 2.22. The number of hydrogen-bond donors (Lipinski definition) is 2. The van der Waals surface area contributed by atoms with Crippen molar-refractivity contribution in [2.45, 2.75) is 19.4 Å². The van der Waals surface area contributed by atoms with Gasteiger partial charge in [-0.25, -0.2) is 0 Å². The van der Waals surface area contributed by atoms with E-state index >= 15 is 0 Å². The predicted molar refractivity (Wildman–Crippen MR) is 65.5 cm³/mol. The van der Waals surface area contributed by atoms with Crippen molar-refractivity contribution in [2.24, 2.45) is 0 Å². The van der Waals surface area contributed by atoms with E-state index in [2.05, 4.69) is 0 Å². The molecule has 0 bridgehead atoms. The van der Waals surface area contributed by atoms with Crippen LogP contribution in [0.2, 0.25) is 0 Å². The minimum Gasteiger partial charge on any atom is -0.508 e. The van der Waals surface area contributed by atoms with Gasteiger partial charge in [-0.15, -0.1) is 0 Å². The van der Waals surface area contributed by atoms with Gasteiger partial charge in [0.2, 0.25) is 0 Å². The van der Waals surface area contributed by atoms with Crippen LogP contribution in [0.25, 0.3) is 0 Å². The van der Waals surface area contributed by atoms with Crippen molar-refractivity contribution in [3.05, 3.63) is 34.4 Å². The first-order valence-electron chi connectivity index (χ1n) is 5.98. The zero-order chi connectivity index (χ0) is 13.7. The molecule has 0 saturated heterocycles.